The molecule has 1 aliphatic rings. The fraction of sp³-hybridized carbons (Fsp3) is 0.417. The SMILES string of the molecule is Cl.NCC1CC(=O)N(Cc2cccc(F)c2)C1. The van der Waals surface area contributed by atoms with Crippen LogP contribution in [-0.4, -0.2) is 23.9 Å². The molecule has 1 saturated heterocycles. The molecule has 1 atom stereocenters. The van der Waals surface area contributed by atoms with E-state index < -0.39 is 0 Å². The van der Waals surface area contributed by atoms with E-state index in [0.717, 1.165) is 5.56 Å². The van der Waals surface area contributed by atoms with Gasteiger partial charge in [-0.05, 0) is 30.2 Å². The van der Waals surface area contributed by atoms with Crippen LogP contribution < -0.4 is 5.73 Å². The van der Waals surface area contributed by atoms with Crippen molar-refractivity contribution in [2.75, 3.05) is 13.1 Å². The summed E-state index contributed by atoms with van der Waals surface area (Å²) < 4.78 is 13.0. The van der Waals surface area contributed by atoms with Crippen LogP contribution in [0, 0.1) is 11.7 Å². The smallest absolute Gasteiger partial charge is 0.223 e. The lowest BCUT2D eigenvalue weighted by Crippen LogP contribution is -2.25. The summed E-state index contributed by atoms with van der Waals surface area (Å²) in [5, 5.41) is 0. The summed E-state index contributed by atoms with van der Waals surface area (Å²) in [5.41, 5.74) is 6.36. The van der Waals surface area contributed by atoms with E-state index in [-0.39, 0.29) is 30.0 Å². The Balaban J connectivity index is 0.00000144. The van der Waals surface area contributed by atoms with Crippen LogP contribution >= 0.6 is 12.4 Å². The molecule has 94 valence electrons. The number of carbonyl (C=O) groups is 1. The maximum absolute atomic E-state index is 13.0. The largest absolute Gasteiger partial charge is 0.338 e. The number of nitrogens with zero attached hydrogens (tertiary/aromatic N) is 1. The minimum atomic E-state index is -0.264. The number of hydrogen-bond donors (Lipinski definition) is 1. The molecule has 1 aromatic rings. The predicted octanol–water partition coefficient (Wildman–Crippen LogP) is 1.55. The van der Waals surface area contributed by atoms with E-state index in [1.54, 1.807) is 11.0 Å². The third-order valence-corrected chi connectivity index (χ3v) is 2.89. The highest BCUT2D eigenvalue weighted by Crippen LogP contribution is 2.19. The van der Waals surface area contributed by atoms with Crippen LogP contribution in [0.4, 0.5) is 4.39 Å². The Kier molecular flexibility index (Phi) is 4.90. The van der Waals surface area contributed by atoms with Gasteiger partial charge in [-0.2, -0.15) is 0 Å². The highest BCUT2D eigenvalue weighted by molar-refractivity contribution is 5.85. The van der Waals surface area contributed by atoms with Gasteiger partial charge in [0, 0.05) is 19.5 Å². The molecule has 0 radical (unpaired) electrons. The topological polar surface area (TPSA) is 46.3 Å². The third kappa shape index (κ3) is 3.41. The summed E-state index contributed by atoms with van der Waals surface area (Å²) >= 11 is 0. The van der Waals surface area contributed by atoms with Crippen molar-refractivity contribution in [3.63, 3.8) is 0 Å². The Morgan fingerprint density at radius 1 is 1.47 bits per heavy atom. The number of halogens is 2. The van der Waals surface area contributed by atoms with Crippen LogP contribution in [0.2, 0.25) is 0 Å². The molecule has 1 aliphatic heterocycles. The first-order valence-electron chi connectivity index (χ1n) is 5.41. The van der Waals surface area contributed by atoms with Crippen molar-refractivity contribution in [1.29, 1.82) is 0 Å². The quantitative estimate of drug-likeness (QED) is 0.894. The summed E-state index contributed by atoms with van der Waals surface area (Å²) in [6.07, 6.45) is 0.520. The summed E-state index contributed by atoms with van der Waals surface area (Å²) in [6, 6.07) is 6.35. The molecule has 1 heterocycles. The van der Waals surface area contributed by atoms with Crippen molar-refractivity contribution in [2.45, 2.75) is 13.0 Å². The van der Waals surface area contributed by atoms with Crippen molar-refractivity contribution in [1.82, 2.24) is 4.90 Å². The zero-order valence-corrected chi connectivity index (χ0v) is 10.3. The normalized spacial score (nSPS) is 19.3. The Bertz CT molecular complexity index is 400. The number of amides is 1. The molecule has 0 saturated carbocycles. The van der Waals surface area contributed by atoms with E-state index >= 15 is 0 Å². The average molecular weight is 259 g/mol. The molecule has 2 rings (SSSR count). The molecular weight excluding hydrogens is 243 g/mol. The van der Waals surface area contributed by atoms with Gasteiger partial charge in [0.05, 0.1) is 0 Å². The van der Waals surface area contributed by atoms with Gasteiger partial charge >= 0.3 is 0 Å². The predicted molar refractivity (Wildman–Crippen MR) is 66.2 cm³/mol. The second kappa shape index (κ2) is 5.98. The van der Waals surface area contributed by atoms with Crippen LogP contribution in [-0.2, 0) is 11.3 Å². The van der Waals surface area contributed by atoms with Crippen molar-refractivity contribution < 1.29 is 9.18 Å². The maximum atomic E-state index is 13.0. The molecular formula is C12H16ClFN2O. The zero-order chi connectivity index (χ0) is 11.5. The van der Waals surface area contributed by atoms with Crippen molar-refractivity contribution in [3.05, 3.63) is 35.6 Å². The highest BCUT2D eigenvalue weighted by Gasteiger charge is 2.28. The molecule has 2 N–H and O–H groups in total. The van der Waals surface area contributed by atoms with E-state index in [2.05, 4.69) is 0 Å². The van der Waals surface area contributed by atoms with Crippen LogP contribution in [0.3, 0.4) is 0 Å². The monoisotopic (exact) mass is 258 g/mol. The van der Waals surface area contributed by atoms with Gasteiger partial charge in [-0.15, -0.1) is 12.4 Å². The van der Waals surface area contributed by atoms with E-state index in [4.69, 9.17) is 5.73 Å². The Hall–Kier alpha value is -1.13. The van der Waals surface area contributed by atoms with E-state index in [9.17, 15) is 9.18 Å². The summed E-state index contributed by atoms with van der Waals surface area (Å²) in [5.74, 6) is 0.0975. The standard InChI is InChI=1S/C12H15FN2O.ClH/c13-11-3-1-2-9(4-11)7-15-8-10(6-14)5-12(15)16;/h1-4,10H,5-8,14H2;1H. The van der Waals surface area contributed by atoms with E-state index in [0.29, 0.717) is 26.1 Å². The molecule has 0 bridgehead atoms. The molecule has 3 nitrogen and oxygen atoms in total. The average Bonchev–Trinajstić information content (AvgIpc) is 2.60. The number of nitrogens with two attached hydrogens (primary N) is 1. The van der Waals surface area contributed by atoms with Gasteiger partial charge in [-0.1, -0.05) is 12.1 Å². The van der Waals surface area contributed by atoms with E-state index in [1.165, 1.54) is 12.1 Å². The van der Waals surface area contributed by atoms with Gasteiger partial charge in [0.15, 0.2) is 0 Å². The second-order valence-electron chi connectivity index (χ2n) is 4.21. The third-order valence-electron chi connectivity index (χ3n) is 2.89. The molecule has 0 aliphatic carbocycles. The van der Waals surface area contributed by atoms with Crippen molar-refractivity contribution in [2.24, 2.45) is 11.7 Å². The van der Waals surface area contributed by atoms with Crippen LogP contribution in [0.5, 0.6) is 0 Å². The van der Waals surface area contributed by atoms with Gasteiger partial charge in [0.1, 0.15) is 5.82 Å². The molecule has 0 spiro atoms. The summed E-state index contributed by atoms with van der Waals surface area (Å²) in [7, 11) is 0. The number of carbonyl (C=O) groups excluding carboxylic acids is 1. The first-order valence-corrected chi connectivity index (χ1v) is 5.41. The first kappa shape index (κ1) is 13.9. The van der Waals surface area contributed by atoms with Crippen LogP contribution in [0.1, 0.15) is 12.0 Å². The molecule has 1 fully saturated rings. The first-order chi connectivity index (χ1) is 7.69. The van der Waals surface area contributed by atoms with Gasteiger partial charge in [-0.3, -0.25) is 4.79 Å². The lowest BCUT2D eigenvalue weighted by molar-refractivity contribution is -0.128. The number of rotatable bonds is 3. The zero-order valence-electron chi connectivity index (χ0n) is 9.43. The lowest BCUT2D eigenvalue weighted by atomic mass is 10.1. The second-order valence-corrected chi connectivity index (χ2v) is 4.21. The lowest BCUT2D eigenvalue weighted by Gasteiger charge is -2.16. The van der Waals surface area contributed by atoms with Crippen LogP contribution in [0.15, 0.2) is 24.3 Å². The van der Waals surface area contributed by atoms with Crippen molar-refractivity contribution >= 4 is 18.3 Å². The molecule has 0 aromatic heterocycles. The minimum Gasteiger partial charge on any atom is -0.338 e. The van der Waals surface area contributed by atoms with Crippen molar-refractivity contribution in [3.8, 4) is 0 Å². The fourth-order valence-corrected chi connectivity index (χ4v) is 2.02. The fourth-order valence-electron chi connectivity index (χ4n) is 2.02. The van der Waals surface area contributed by atoms with Gasteiger partial charge in [0.2, 0.25) is 5.91 Å². The van der Waals surface area contributed by atoms with Crippen LogP contribution in [0.25, 0.3) is 0 Å². The Morgan fingerprint density at radius 2 is 2.24 bits per heavy atom. The molecule has 5 heteroatoms. The molecule has 17 heavy (non-hydrogen) atoms. The van der Waals surface area contributed by atoms with Gasteiger partial charge in [-0.25, -0.2) is 4.39 Å². The number of likely N-dealkylation sites (tertiary alicyclic amines) is 1. The maximum Gasteiger partial charge on any atom is 0.223 e. The minimum absolute atomic E-state index is 0. The highest BCUT2D eigenvalue weighted by atomic mass is 35.5. The Labute approximate surface area is 106 Å². The molecule has 1 amide bonds. The Morgan fingerprint density at radius 3 is 2.82 bits per heavy atom. The summed E-state index contributed by atoms with van der Waals surface area (Å²) in [4.78, 5) is 13.4. The van der Waals surface area contributed by atoms with E-state index in [1.807, 2.05) is 6.07 Å². The van der Waals surface area contributed by atoms with Gasteiger partial charge < -0.3 is 10.6 Å². The molecule has 1 unspecified atom stereocenters. The number of hydrogen-bond acceptors (Lipinski definition) is 2. The number of benzene rings is 1. The van der Waals surface area contributed by atoms with Gasteiger partial charge in [0.25, 0.3) is 0 Å². The molecule has 1 aromatic carbocycles. The summed E-state index contributed by atoms with van der Waals surface area (Å²) in [6.45, 7) is 1.70.